The number of benzene rings is 2. The van der Waals surface area contributed by atoms with Gasteiger partial charge in [0.05, 0.1) is 4.48 Å². The third-order valence-corrected chi connectivity index (χ3v) is 4.11. The highest BCUT2D eigenvalue weighted by Crippen LogP contribution is 2.30. The molecule has 3 nitrogen and oxygen atoms in total. The molecule has 0 fully saturated rings. The zero-order valence-electron chi connectivity index (χ0n) is 11.3. The number of ketones is 2. The highest BCUT2D eigenvalue weighted by atomic mass is 79.9. The van der Waals surface area contributed by atoms with E-state index >= 15 is 0 Å². The predicted molar refractivity (Wildman–Crippen MR) is 85.9 cm³/mol. The number of hydrogen-bond donors (Lipinski definition) is 1. The molecule has 0 radical (unpaired) electrons. The highest BCUT2D eigenvalue weighted by molar-refractivity contribution is 9.12. The number of halogens is 1. The predicted octanol–water partition coefficient (Wildman–Crippen LogP) is 4.09. The van der Waals surface area contributed by atoms with Gasteiger partial charge in [0.15, 0.2) is 0 Å². The number of anilines is 1. The molecule has 0 saturated heterocycles. The van der Waals surface area contributed by atoms with E-state index < -0.39 is 0 Å². The van der Waals surface area contributed by atoms with Crippen molar-refractivity contribution in [3.63, 3.8) is 0 Å². The minimum atomic E-state index is -0.182. The molecular formula is C17H12BrNO2. The van der Waals surface area contributed by atoms with Crippen LogP contribution in [0.3, 0.4) is 0 Å². The van der Waals surface area contributed by atoms with Crippen molar-refractivity contribution in [1.82, 2.24) is 0 Å². The van der Waals surface area contributed by atoms with E-state index in [9.17, 15) is 9.59 Å². The van der Waals surface area contributed by atoms with Crippen LogP contribution < -0.4 is 5.32 Å². The fraction of sp³-hybridized carbons (Fsp3) is 0.0588. The van der Waals surface area contributed by atoms with E-state index in [0.717, 1.165) is 11.3 Å². The van der Waals surface area contributed by atoms with Gasteiger partial charge in [0.25, 0.3) is 0 Å². The van der Waals surface area contributed by atoms with E-state index in [1.165, 1.54) is 0 Å². The SMILES string of the molecule is Cc1cccc(NC2=C(Br)C(=O)c3ccccc3C2=O)c1. The van der Waals surface area contributed by atoms with Gasteiger partial charge in [-0.3, -0.25) is 9.59 Å². The number of allylic oxidation sites excluding steroid dienone is 2. The summed E-state index contributed by atoms with van der Waals surface area (Å²) in [4.78, 5) is 24.9. The molecule has 2 aromatic carbocycles. The Hall–Kier alpha value is -2.20. The fourth-order valence-electron chi connectivity index (χ4n) is 2.32. The van der Waals surface area contributed by atoms with Gasteiger partial charge in [-0.2, -0.15) is 0 Å². The number of nitrogens with one attached hydrogen (secondary N) is 1. The third-order valence-electron chi connectivity index (χ3n) is 3.35. The van der Waals surface area contributed by atoms with Gasteiger partial charge >= 0.3 is 0 Å². The van der Waals surface area contributed by atoms with E-state index in [2.05, 4.69) is 21.2 Å². The first-order valence-corrected chi connectivity index (χ1v) is 7.29. The van der Waals surface area contributed by atoms with Crippen LogP contribution >= 0.6 is 15.9 Å². The largest absolute Gasteiger partial charge is 0.351 e. The maximum atomic E-state index is 12.6. The van der Waals surface area contributed by atoms with Crippen LogP contribution in [0.2, 0.25) is 0 Å². The number of Topliss-reactive ketones (excluding diaryl/α,β-unsaturated/α-hetero) is 2. The number of carbonyl (C=O) groups is 2. The normalized spacial score (nSPS) is 14.2. The molecule has 0 atom stereocenters. The van der Waals surface area contributed by atoms with E-state index in [0.29, 0.717) is 11.1 Å². The molecule has 3 rings (SSSR count). The molecule has 4 heteroatoms. The van der Waals surface area contributed by atoms with E-state index in [-0.39, 0.29) is 21.7 Å². The van der Waals surface area contributed by atoms with Crippen LogP contribution in [0, 0.1) is 6.92 Å². The lowest BCUT2D eigenvalue weighted by atomic mass is 9.92. The summed E-state index contributed by atoms with van der Waals surface area (Å²) in [6.45, 7) is 1.97. The van der Waals surface area contributed by atoms with Gasteiger partial charge in [-0.05, 0) is 40.5 Å². The van der Waals surface area contributed by atoms with Gasteiger partial charge in [-0.1, -0.05) is 36.4 Å². The molecule has 1 aliphatic rings. The lowest BCUT2D eigenvalue weighted by Gasteiger charge is -2.19. The molecule has 2 aromatic rings. The average molecular weight is 342 g/mol. The Morgan fingerprint density at radius 2 is 1.57 bits per heavy atom. The van der Waals surface area contributed by atoms with Gasteiger partial charge in [0.1, 0.15) is 5.70 Å². The van der Waals surface area contributed by atoms with Crippen molar-refractivity contribution in [2.24, 2.45) is 0 Å². The maximum Gasteiger partial charge on any atom is 0.211 e. The molecule has 0 bridgehead atoms. The molecule has 0 unspecified atom stereocenters. The molecule has 21 heavy (non-hydrogen) atoms. The van der Waals surface area contributed by atoms with Crippen molar-refractivity contribution in [1.29, 1.82) is 0 Å². The highest BCUT2D eigenvalue weighted by Gasteiger charge is 2.30. The first-order chi connectivity index (χ1) is 10.1. The smallest absolute Gasteiger partial charge is 0.211 e. The van der Waals surface area contributed by atoms with Crippen molar-refractivity contribution in [3.05, 3.63) is 75.4 Å². The minimum Gasteiger partial charge on any atom is -0.351 e. The van der Waals surface area contributed by atoms with E-state index in [4.69, 9.17) is 0 Å². The quantitative estimate of drug-likeness (QED) is 0.894. The summed E-state index contributed by atoms with van der Waals surface area (Å²) in [5.41, 5.74) is 3.00. The standard InChI is InChI=1S/C17H12BrNO2/c1-10-5-4-6-11(9-10)19-15-14(18)16(20)12-7-2-3-8-13(12)17(15)21/h2-9,19H,1H3. The van der Waals surface area contributed by atoms with Gasteiger partial charge < -0.3 is 5.32 Å². The molecule has 0 aliphatic heterocycles. The Morgan fingerprint density at radius 1 is 0.905 bits per heavy atom. The summed E-state index contributed by atoms with van der Waals surface area (Å²) in [7, 11) is 0. The average Bonchev–Trinajstić information content (AvgIpc) is 2.49. The summed E-state index contributed by atoms with van der Waals surface area (Å²) in [5, 5.41) is 3.05. The van der Waals surface area contributed by atoms with E-state index in [1.807, 2.05) is 31.2 Å². The minimum absolute atomic E-state index is 0.180. The van der Waals surface area contributed by atoms with Crippen LogP contribution in [0.25, 0.3) is 0 Å². The van der Waals surface area contributed by atoms with Crippen molar-refractivity contribution >= 4 is 33.2 Å². The monoisotopic (exact) mass is 341 g/mol. The fourth-order valence-corrected chi connectivity index (χ4v) is 2.82. The van der Waals surface area contributed by atoms with Crippen LogP contribution in [-0.2, 0) is 0 Å². The lowest BCUT2D eigenvalue weighted by Crippen LogP contribution is -2.24. The van der Waals surface area contributed by atoms with Crippen molar-refractivity contribution in [2.75, 3.05) is 5.32 Å². The van der Waals surface area contributed by atoms with Crippen LogP contribution in [-0.4, -0.2) is 11.6 Å². The summed E-state index contributed by atoms with van der Waals surface area (Å²) in [6, 6.07) is 14.5. The van der Waals surface area contributed by atoms with Crippen molar-refractivity contribution in [2.45, 2.75) is 6.92 Å². The zero-order chi connectivity index (χ0) is 15.0. The second-order valence-corrected chi connectivity index (χ2v) is 5.68. The summed E-state index contributed by atoms with van der Waals surface area (Å²) >= 11 is 3.25. The zero-order valence-corrected chi connectivity index (χ0v) is 12.9. The maximum absolute atomic E-state index is 12.6. The Balaban J connectivity index is 2.05. The number of carbonyl (C=O) groups excluding carboxylic acids is 2. The van der Waals surface area contributed by atoms with Gasteiger partial charge in [0.2, 0.25) is 11.6 Å². The Labute approximate surface area is 130 Å². The molecule has 1 N–H and O–H groups in total. The van der Waals surface area contributed by atoms with Crippen molar-refractivity contribution in [3.8, 4) is 0 Å². The second kappa shape index (κ2) is 5.30. The van der Waals surface area contributed by atoms with Gasteiger partial charge in [0, 0.05) is 16.8 Å². The Bertz CT molecular complexity index is 793. The van der Waals surface area contributed by atoms with Gasteiger partial charge in [-0.25, -0.2) is 0 Å². The second-order valence-electron chi connectivity index (χ2n) is 4.89. The summed E-state index contributed by atoms with van der Waals surface area (Å²) in [6.07, 6.45) is 0. The summed E-state index contributed by atoms with van der Waals surface area (Å²) < 4.78 is 0.271. The number of hydrogen-bond acceptors (Lipinski definition) is 3. The number of fused-ring (bicyclic) bond motifs is 1. The lowest BCUT2D eigenvalue weighted by molar-refractivity contribution is 0.0983. The van der Waals surface area contributed by atoms with Crippen LogP contribution in [0.5, 0.6) is 0 Å². The first kappa shape index (κ1) is 13.8. The molecule has 0 saturated carbocycles. The van der Waals surface area contributed by atoms with E-state index in [1.54, 1.807) is 24.3 Å². The first-order valence-electron chi connectivity index (χ1n) is 6.50. The number of rotatable bonds is 2. The Morgan fingerprint density at radius 3 is 2.24 bits per heavy atom. The molecule has 0 spiro atoms. The molecular weight excluding hydrogens is 330 g/mol. The molecule has 104 valence electrons. The van der Waals surface area contributed by atoms with Gasteiger partial charge in [-0.15, -0.1) is 0 Å². The topological polar surface area (TPSA) is 46.2 Å². The van der Waals surface area contributed by atoms with Crippen LogP contribution in [0.4, 0.5) is 5.69 Å². The Kier molecular flexibility index (Phi) is 3.47. The number of aryl methyl sites for hydroxylation is 1. The summed E-state index contributed by atoms with van der Waals surface area (Å²) in [5.74, 6) is -0.362. The molecule has 0 heterocycles. The van der Waals surface area contributed by atoms with Crippen LogP contribution in [0.1, 0.15) is 26.3 Å². The molecule has 0 aromatic heterocycles. The van der Waals surface area contributed by atoms with Crippen molar-refractivity contribution < 1.29 is 9.59 Å². The molecule has 1 aliphatic carbocycles. The van der Waals surface area contributed by atoms with Crippen LogP contribution in [0.15, 0.2) is 58.7 Å². The molecule has 0 amide bonds. The third kappa shape index (κ3) is 2.43.